The second-order valence-electron chi connectivity index (χ2n) is 3.70. The smallest absolute Gasteiger partial charge is 0.155 e. The highest BCUT2D eigenvalue weighted by Crippen LogP contribution is 2.25. The van der Waals surface area contributed by atoms with Crippen molar-refractivity contribution in [2.24, 2.45) is 0 Å². The van der Waals surface area contributed by atoms with E-state index in [2.05, 4.69) is 38.7 Å². The summed E-state index contributed by atoms with van der Waals surface area (Å²) in [4.78, 5) is 4.21. The fraction of sp³-hybridized carbons (Fsp3) is 0.273. The van der Waals surface area contributed by atoms with Crippen LogP contribution in [0.15, 0.2) is 24.5 Å². The Hall–Kier alpha value is -1.68. The van der Waals surface area contributed by atoms with Crippen LogP contribution in [0, 0.1) is 0 Å². The van der Waals surface area contributed by atoms with E-state index in [1.54, 1.807) is 6.33 Å². The maximum atomic E-state index is 4.21. The zero-order valence-corrected chi connectivity index (χ0v) is 8.33. The van der Waals surface area contributed by atoms with Gasteiger partial charge in [0.25, 0.3) is 0 Å². The van der Waals surface area contributed by atoms with Gasteiger partial charge in [0.15, 0.2) is 5.82 Å². The largest absolute Gasteiger partial charge is 0.312 e. The molecule has 0 amide bonds. The molecule has 0 bridgehead atoms. The maximum Gasteiger partial charge on any atom is 0.155 e. The van der Waals surface area contributed by atoms with Gasteiger partial charge < -0.3 is 5.32 Å². The molecule has 1 aliphatic heterocycles. The van der Waals surface area contributed by atoms with E-state index in [4.69, 9.17) is 0 Å². The molecule has 0 unspecified atom stereocenters. The van der Waals surface area contributed by atoms with Crippen LogP contribution in [-0.2, 0) is 13.0 Å². The van der Waals surface area contributed by atoms with Gasteiger partial charge in [-0.25, -0.2) is 4.98 Å². The summed E-state index contributed by atoms with van der Waals surface area (Å²) in [5.74, 6) is 0.869. The predicted molar refractivity (Wildman–Crippen MR) is 57.2 cm³/mol. The molecule has 2 heterocycles. The zero-order chi connectivity index (χ0) is 10.1. The molecule has 0 saturated carbocycles. The van der Waals surface area contributed by atoms with Crippen LogP contribution in [0.1, 0.15) is 11.1 Å². The summed E-state index contributed by atoms with van der Waals surface area (Å²) in [6, 6.07) is 6.34. The molecule has 0 radical (unpaired) electrons. The Labute approximate surface area is 87.7 Å². The minimum atomic E-state index is 0.869. The summed E-state index contributed by atoms with van der Waals surface area (Å²) in [5.41, 5.74) is 3.95. The van der Waals surface area contributed by atoms with Crippen molar-refractivity contribution in [1.82, 2.24) is 20.5 Å². The van der Waals surface area contributed by atoms with E-state index in [9.17, 15) is 0 Å². The Morgan fingerprint density at radius 3 is 3.13 bits per heavy atom. The van der Waals surface area contributed by atoms with E-state index < -0.39 is 0 Å². The molecule has 3 rings (SSSR count). The number of aromatic amines is 1. The van der Waals surface area contributed by atoms with Crippen molar-refractivity contribution in [1.29, 1.82) is 0 Å². The lowest BCUT2D eigenvalue weighted by molar-refractivity contribution is 0.644. The summed E-state index contributed by atoms with van der Waals surface area (Å²) in [5, 5.41) is 10.2. The second-order valence-corrected chi connectivity index (χ2v) is 3.70. The number of benzene rings is 1. The van der Waals surface area contributed by atoms with Gasteiger partial charge in [0.05, 0.1) is 0 Å². The zero-order valence-electron chi connectivity index (χ0n) is 8.33. The van der Waals surface area contributed by atoms with E-state index in [0.29, 0.717) is 0 Å². The molecule has 0 aliphatic carbocycles. The van der Waals surface area contributed by atoms with E-state index in [-0.39, 0.29) is 0 Å². The molecule has 4 heteroatoms. The molecule has 0 atom stereocenters. The molecule has 0 saturated heterocycles. The van der Waals surface area contributed by atoms with Crippen LogP contribution in [0.2, 0.25) is 0 Å². The topological polar surface area (TPSA) is 53.6 Å². The number of nitrogens with zero attached hydrogens (tertiary/aromatic N) is 2. The SMILES string of the molecule is c1cc2c(c(-c3ncn[nH]3)c1)CCNC2. The van der Waals surface area contributed by atoms with Crippen molar-refractivity contribution in [3.63, 3.8) is 0 Å². The first-order chi connectivity index (χ1) is 7.45. The fourth-order valence-electron chi connectivity index (χ4n) is 2.09. The Kier molecular flexibility index (Phi) is 1.99. The van der Waals surface area contributed by atoms with Gasteiger partial charge in [-0.05, 0) is 24.1 Å². The predicted octanol–water partition coefficient (Wildman–Crippen LogP) is 1.12. The first-order valence-corrected chi connectivity index (χ1v) is 5.12. The van der Waals surface area contributed by atoms with Crippen LogP contribution in [0.25, 0.3) is 11.4 Å². The van der Waals surface area contributed by atoms with Crippen LogP contribution < -0.4 is 5.32 Å². The van der Waals surface area contributed by atoms with Crippen molar-refractivity contribution in [2.75, 3.05) is 6.54 Å². The lowest BCUT2D eigenvalue weighted by Crippen LogP contribution is -2.24. The fourth-order valence-corrected chi connectivity index (χ4v) is 2.09. The molecular weight excluding hydrogens is 188 g/mol. The van der Waals surface area contributed by atoms with Gasteiger partial charge in [0.2, 0.25) is 0 Å². The van der Waals surface area contributed by atoms with Crippen molar-refractivity contribution >= 4 is 0 Å². The van der Waals surface area contributed by atoms with Gasteiger partial charge >= 0.3 is 0 Å². The Balaban J connectivity index is 2.15. The van der Waals surface area contributed by atoms with Crippen LogP contribution in [0.4, 0.5) is 0 Å². The summed E-state index contributed by atoms with van der Waals surface area (Å²) in [6.45, 7) is 2.00. The normalized spacial score (nSPS) is 14.9. The van der Waals surface area contributed by atoms with Gasteiger partial charge in [-0.1, -0.05) is 18.2 Å². The average molecular weight is 200 g/mol. The summed E-state index contributed by atoms with van der Waals surface area (Å²) in [7, 11) is 0. The minimum Gasteiger partial charge on any atom is -0.312 e. The average Bonchev–Trinajstić information content (AvgIpc) is 2.82. The van der Waals surface area contributed by atoms with Crippen LogP contribution in [0.5, 0.6) is 0 Å². The van der Waals surface area contributed by atoms with E-state index in [0.717, 1.165) is 25.3 Å². The lowest BCUT2D eigenvalue weighted by atomic mass is 9.95. The molecule has 2 aromatic rings. The second kappa shape index (κ2) is 3.47. The summed E-state index contributed by atoms with van der Waals surface area (Å²) in [6.07, 6.45) is 2.61. The highest BCUT2D eigenvalue weighted by atomic mass is 15.2. The van der Waals surface area contributed by atoms with Gasteiger partial charge in [0, 0.05) is 12.1 Å². The Morgan fingerprint density at radius 2 is 2.27 bits per heavy atom. The van der Waals surface area contributed by atoms with Gasteiger partial charge in [-0.15, -0.1) is 0 Å². The maximum absolute atomic E-state index is 4.21. The first kappa shape index (κ1) is 8.61. The third kappa shape index (κ3) is 1.43. The van der Waals surface area contributed by atoms with Gasteiger partial charge in [0.1, 0.15) is 6.33 Å². The molecule has 4 nitrogen and oxygen atoms in total. The highest BCUT2D eigenvalue weighted by Gasteiger charge is 2.14. The number of aromatic nitrogens is 3. The van der Waals surface area contributed by atoms with Crippen molar-refractivity contribution in [3.05, 3.63) is 35.7 Å². The van der Waals surface area contributed by atoms with Gasteiger partial charge in [-0.2, -0.15) is 5.10 Å². The molecule has 1 aliphatic rings. The van der Waals surface area contributed by atoms with Crippen LogP contribution >= 0.6 is 0 Å². The number of nitrogens with one attached hydrogen (secondary N) is 2. The Morgan fingerprint density at radius 1 is 1.27 bits per heavy atom. The van der Waals surface area contributed by atoms with Crippen molar-refractivity contribution < 1.29 is 0 Å². The summed E-state index contributed by atoms with van der Waals surface area (Å²) >= 11 is 0. The monoisotopic (exact) mass is 200 g/mol. The lowest BCUT2D eigenvalue weighted by Gasteiger charge is -2.19. The van der Waals surface area contributed by atoms with Crippen LogP contribution in [-0.4, -0.2) is 21.7 Å². The number of hydrogen-bond donors (Lipinski definition) is 2. The molecule has 15 heavy (non-hydrogen) atoms. The standard InChI is InChI=1S/C11H12N4/c1-2-8-6-12-5-4-9(8)10(3-1)11-13-7-14-15-11/h1-3,7,12H,4-6H2,(H,13,14,15). The first-order valence-electron chi connectivity index (χ1n) is 5.12. The van der Waals surface area contributed by atoms with Gasteiger partial charge in [-0.3, -0.25) is 5.10 Å². The molecule has 0 fully saturated rings. The quantitative estimate of drug-likeness (QED) is 0.725. The highest BCUT2D eigenvalue weighted by molar-refractivity contribution is 5.62. The minimum absolute atomic E-state index is 0.869. The third-order valence-electron chi connectivity index (χ3n) is 2.81. The summed E-state index contributed by atoms with van der Waals surface area (Å²) < 4.78 is 0. The van der Waals surface area contributed by atoms with E-state index in [1.807, 2.05) is 0 Å². The number of hydrogen-bond acceptors (Lipinski definition) is 3. The molecular formula is C11H12N4. The van der Waals surface area contributed by atoms with E-state index >= 15 is 0 Å². The number of H-pyrrole nitrogens is 1. The van der Waals surface area contributed by atoms with Crippen molar-refractivity contribution in [2.45, 2.75) is 13.0 Å². The number of rotatable bonds is 1. The number of fused-ring (bicyclic) bond motifs is 1. The van der Waals surface area contributed by atoms with E-state index in [1.165, 1.54) is 16.7 Å². The molecule has 1 aromatic heterocycles. The van der Waals surface area contributed by atoms with Crippen LogP contribution in [0.3, 0.4) is 0 Å². The molecule has 2 N–H and O–H groups in total. The molecule has 76 valence electrons. The Bertz CT molecular complexity index is 461. The van der Waals surface area contributed by atoms with Crippen molar-refractivity contribution in [3.8, 4) is 11.4 Å². The molecule has 0 spiro atoms. The molecule has 1 aromatic carbocycles. The third-order valence-corrected chi connectivity index (χ3v) is 2.81.